The Hall–Kier alpha value is -2.03. The van der Waals surface area contributed by atoms with Crippen LogP contribution in [0.2, 0.25) is 0 Å². The van der Waals surface area contributed by atoms with Crippen LogP contribution in [0.25, 0.3) is 0 Å². The molecule has 156 valence electrons. The Morgan fingerprint density at radius 1 is 1.32 bits per heavy atom. The van der Waals surface area contributed by atoms with Crippen LogP contribution in [0.4, 0.5) is 0 Å². The standard InChI is InChI=1S/C19H31N5O4/c1-12(28-13(2)25)7-8-27-19(26)17-10-16-9-14(3-5-15(16)11-20-17)4-6-18-21-23-24-22-18/h12,14-17,20H,3-11H2,1-2H3,(H,21,22,23,24)/t12-,14-,15+,16-,17+/m1/s1/i17D. The molecule has 2 aliphatic rings. The number of tetrazole rings is 1. The summed E-state index contributed by atoms with van der Waals surface area (Å²) >= 11 is 0. The first-order chi connectivity index (χ1) is 13.9. The molecule has 1 aromatic heterocycles. The summed E-state index contributed by atoms with van der Waals surface area (Å²) in [5.41, 5.74) is 0. The van der Waals surface area contributed by atoms with Crippen LogP contribution in [-0.2, 0) is 25.5 Å². The zero-order chi connectivity index (χ0) is 20.9. The van der Waals surface area contributed by atoms with Crippen LogP contribution >= 0.6 is 0 Å². The predicted octanol–water partition coefficient (Wildman–Crippen LogP) is 1.41. The number of aromatic nitrogens is 4. The van der Waals surface area contributed by atoms with Gasteiger partial charge in [-0.15, -0.1) is 10.2 Å². The summed E-state index contributed by atoms with van der Waals surface area (Å²) < 4.78 is 19.0. The molecule has 2 fully saturated rings. The first kappa shape index (κ1) is 19.3. The smallest absolute Gasteiger partial charge is 0.323 e. The summed E-state index contributed by atoms with van der Waals surface area (Å²) in [5, 5.41) is 17.2. The number of hydrogen-bond acceptors (Lipinski definition) is 8. The van der Waals surface area contributed by atoms with E-state index < -0.39 is 12.0 Å². The van der Waals surface area contributed by atoms with Gasteiger partial charge in [-0.3, -0.25) is 9.59 Å². The average Bonchev–Trinajstić information content (AvgIpc) is 3.19. The molecule has 1 aromatic rings. The third-order valence-electron chi connectivity index (χ3n) is 5.83. The Labute approximate surface area is 166 Å². The number of rotatable bonds is 8. The molecule has 0 radical (unpaired) electrons. The van der Waals surface area contributed by atoms with Crippen LogP contribution in [-0.4, -0.2) is 57.8 Å². The number of fused-ring (bicyclic) bond motifs is 1. The number of aromatic amines is 1. The highest BCUT2D eigenvalue weighted by Crippen LogP contribution is 2.40. The number of ether oxygens (including phenoxy) is 2. The van der Waals surface area contributed by atoms with E-state index in [4.69, 9.17) is 10.8 Å². The average molecular weight is 394 g/mol. The molecule has 9 heteroatoms. The Bertz CT molecular complexity index is 688. The van der Waals surface area contributed by atoms with Gasteiger partial charge in [0.05, 0.1) is 7.98 Å². The van der Waals surface area contributed by atoms with Crippen molar-refractivity contribution in [1.29, 1.82) is 0 Å². The highest BCUT2D eigenvalue weighted by atomic mass is 16.6. The van der Waals surface area contributed by atoms with Crippen molar-refractivity contribution < 1.29 is 20.4 Å². The number of H-pyrrole nitrogens is 1. The van der Waals surface area contributed by atoms with Crippen LogP contribution in [0.5, 0.6) is 0 Å². The van der Waals surface area contributed by atoms with Crippen LogP contribution in [0.15, 0.2) is 0 Å². The van der Waals surface area contributed by atoms with E-state index in [9.17, 15) is 9.59 Å². The Kier molecular flexibility index (Phi) is 6.86. The first-order valence-corrected chi connectivity index (χ1v) is 10.2. The van der Waals surface area contributed by atoms with E-state index in [0.717, 1.165) is 37.9 Å². The van der Waals surface area contributed by atoms with Crippen molar-refractivity contribution in [3.63, 3.8) is 0 Å². The highest BCUT2D eigenvalue weighted by molar-refractivity contribution is 5.76. The van der Waals surface area contributed by atoms with Gasteiger partial charge in [-0.1, -0.05) is 11.6 Å². The van der Waals surface area contributed by atoms with Gasteiger partial charge in [0.15, 0.2) is 5.82 Å². The van der Waals surface area contributed by atoms with Crippen LogP contribution < -0.4 is 5.32 Å². The molecular formula is C19H31N5O4. The molecule has 0 amide bonds. The van der Waals surface area contributed by atoms with E-state index in [2.05, 4.69) is 25.9 Å². The molecule has 28 heavy (non-hydrogen) atoms. The minimum Gasteiger partial charge on any atom is -0.464 e. The van der Waals surface area contributed by atoms with E-state index in [0.29, 0.717) is 37.1 Å². The molecule has 0 bridgehead atoms. The first-order valence-electron chi connectivity index (χ1n) is 10.7. The molecule has 3 rings (SSSR count). The molecule has 2 N–H and O–H groups in total. The molecule has 2 heterocycles. The van der Waals surface area contributed by atoms with Crippen molar-refractivity contribution in [2.45, 2.75) is 70.9 Å². The topological polar surface area (TPSA) is 119 Å². The van der Waals surface area contributed by atoms with Crippen molar-refractivity contribution in [1.82, 2.24) is 25.9 Å². The molecule has 1 aliphatic carbocycles. The Morgan fingerprint density at radius 2 is 2.18 bits per heavy atom. The second-order valence-corrected chi connectivity index (χ2v) is 7.97. The maximum absolute atomic E-state index is 12.6. The van der Waals surface area contributed by atoms with E-state index in [1.807, 2.05) is 0 Å². The molecule has 1 saturated carbocycles. The molecule has 0 aromatic carbocycles. The molecule has 0 unspecified atom stereocenters. The van der Waals surface area contributed by atoms with Gasteiger partial charge in [-0.25, -0.2) is 0 Å². The molecule has 1 aliphatic heterocycles. The van der Waals surface area contributed by atoms with Crippen molar-refractivity contribution in [2.75, 3.05) is 13.2 Å². The Balaban J connectivity index is 1.46. The minimum absolute atomic E-state index is 0.136. The minimum atomic E-state index is -1.40. The second-order valence-electron chi connectivity index (χ2n) is 7.97. The fraction of sp³-hybridized carbons (Fsp3) is 0.842. The van der Waals surface area contributed by atoms with E-state index in [1.54, 1.807) is 6.92 Å². The number of carbonyl (C=O) groups excluding carboxylic acids is 2. The van der Waals surface area contributed by atoms with Crippen LogP contribution in [0.1, 0.15) is 59.6 Å². The fourth-order valence-corrected chi connectivity index (χ4v) is 4.32. The fourth-order valence-electron chi connectivity index (χ4n) is 4.32. The van der Waals surface area contributed by atoms with Gasteiger partial charge >= 0.3 is 11.9 Å². The van der Waals surface area contributed by atoms with Gasteiger partial charge in [0, 0.05) is 19.8 Å². The number of piperidine rings is 1. The van der Waals surface area contributed by atoms with Gasteiger partial charge in [0.25, 0.3) is 0 Å². The molecule has 0 spiro atoms. The van der Waals surface area contributed by atoms with E-state index in [1.165, 1.54) is 6.92 Å². The summed E-state index contributed by atoms with van der Waals surface area (Å²) in [4.78, 5) is 23.5. The van der Waals surface area contributed by atoms with Crippen molar-refractivity contribution in [3.05, 3.63) is 5.82 Å². The lowest BCUT2D eigenvalue weighted by Crippen LogP contribution is -2.50. The normalized spacial score (nSPS) is 31.4. The second kappa shape index (κ2) is 9.95. The number of esters is 2. The van der Waals surface area contributed by atoms with Crippen molar-refractivity contribution in [2.24, 2.45) is 17.8 Å². The third-order valence-corrected chi connectivity index (χ3v) is 5.83. The zero-order valence-electron chi connectivity index (χ0n) is 17.6. The summed E-state index contributed by atoms with van der Waals surface area (Å²) in [7, 11) is 0. The maximum atomic E-state index is 12.6. The van der Waals surface area contributed by atoms with E-state index >= 15 is 0 Å². The number of carbonyl (C=O) groups is 2. The van der Waals surface area contributed by atoms with Crippen LogP contribution in [0, 0.1) is 17.8 Å². The van der Waals surface area contributed by atoms with Crippen LogP contribution in [0.3, 0.4) is 0 Å². The van der Waals surface area contributed by atoms with Crippen molar-refractivity contribution >= 4 is 11.9 Å². The van der Waals surface area contributed by atoms with Crippen molar-refractivity contribution in [3.8, 4) is 0 Å². The summed E-state index contributed by atoms with van der Waals surface area (Å²) in [6, 6.07) is -1.40. The van der Waals surface area contributed by atoms with Gasteiger partial charge in [0.2, 0.25) is 0 Å². The van der Waals surface area contributed by atoms with Gasteiger partial charge in [0.1, 0.15) is 12.1 Å². The maximum Gasteiger partial charge on any atom is 0.323 e. The number of nitrogens with zero attached hydrogens (tertiary/aromatic N) is 3. The molecule has 9 nitrogen and oxygen atoms in total. The summed E-state index contributed by atoms with van der Waals surface area (Å²) in [5.74, 6) is 1.24. The summed E-state index contributed by atoms with van der Waals surface area (Å²) in [6.07, 6.45) is 5.65. The Morgan fingerprint density at radius 3 is 2.93 bits per heavy atom. The lowest BCUT2D eigenvalue weighted by molar-refractivity contribution is -0.150. The lowest BCUT2D eigenvalue weighted by Gasteiger charge is -2.42. The van der Waals surface area contributed by atoms with Gasteiger partial charge < -0.3 is 14.8 Å². The zero-order valence-corrected chi connectivity index (χ0v) is 16.6. The van der Waals surface area contributed by atoms with Gasteiger partial charge in [-0.05, 0) is 56.9 Å². The molecule has 5 atom stereocenters. The highest BCUT2D eigenvalue weighted by Gasteiger charge is 2.38. The monoisotopic (exact) mass is 394 g/mol. The predicted molar refractivity (Wildman–Crippen MR) is 100 cm³/mol. The summed E-state index contributed by atoms with van der Waals surface area (Å²) in [6.45, 7) is 3.91. The number of hydrogen-bond donors (Lipinski definition) is 2. The van der Waals surface area contributed by atoms with Gasteiger partial charge in [-0.2, -0.15) is 5.21 Å². The largest absolute Gasteiger partial charge is 0.464 e. The quantitative estimate of drug-likeness (QED) is 0.635. The third kappa shape index (κ3) is 5.98. The molecule has 1 saturated heterocycles. The van der Waals surface area contributed by atoms with E-state index in [-0.39, 0.29) is 18.7 Å². The molecular weight excluding hydrogens is 362 g/mol. The number of nitrogens with one attached hydrogen (secondary N) is 2. The number of aryl methyl sites for hydroxylation is 1. The SMILES string of the molecule is [2H][C@@]1(C(=O)OCC[C@@H](C)OC(C)=O)C[C@H]2C[C@@H](CCc3nn[nH]n3)CC[C@H]2CN1. The lowest BCUT2D eigenvalue weighted by atomic mass is 9.69.